The highest BCUT2D eigenvalue weighted by Gasteiger charge is 2.03. The summed E-state index contributed by atoms with van der Waals surface area (Å²) in [5.41, 5.74) is 5.82. The van der Waals surface area contributed by atoms with E-state index in [-0.39, 0.29) is 0 Å². The lowest BCUT2D eigenvalue weighted by Gasteiger charge is -2.22. The molecule has 0 saturated heterocycles. The fourth-order valence-corrected chi connectivity index (χ4v) is 0.850. The van der Waals surface area contributed by atoms with E-state index in [0.717, 1.165) is 0 Å². The molecule has 0 aliphatic heterocycles. The van der Waals surface area contributed by atoms with Crippen LogP contribution in [0.4, 0.5) is 0 Å². The molecule has 66 valence electrons. The van der Waals surface area contributed by atoms with E-state index in [1.54, 1.807) is 0 Å². The summed E-state index contributed by atoms with van der Waals surface area (Å²) in [5, 5.41) is 2.04. The zero-order valence-electron chi connectivity index (χ0n) is 8.52. The third-order valence-electron chi connectivity index (χ3n) is 2.28. The first-order valence-electron chi connectivity index (χ1n) is 4.09. The summed E-state index contributed by atoms with van der Waals surface area (Å²) in [6.07, 6.45) is 0. The maximum atomic E-state index is 3.08. The summed E-state index contributed by atoms with van der Waals surface area (Å²) in [7, 11) is 3.96. The molecule has 2 nitrogen and oxygen atoms in total. The quantitative estimate of drug-likeness (QED) is 0.629. The molecule has 0 fully saturated rings. The average Bonchev–Trinajstić information content (AvgIpc) is 2.00. The molecule has 0 aromatic heterocycles. The van der Waals surface area contributed by atoms with Gasteiger partial charge in [-0.15, -0.1) is 0 Å². The second kappa shape index (κ2) is 4.39. The minimum Gasteiger partial charge on any atom is -0.316 e. The Balaban J connectivity index is 4.38. The summed E-state index contributed by atoms with van der Waals surface area (Å²) in [6.45, 7) is 8.73. The van der Waals surface area contributed by atoms with E-state index in [0.29, 0.717) is 5.92 Å². The van der Waals surface area contributed by atoms with E-state index in [4.69, 9.17) is 0 Å². The highest BCUT2D eigenvalue weighted by Crippen LogP contribution is 2.14. The monoisotopic (exact) mass is 156 g/mol. The van der Waals surface area contributed by atoms with Crippen molar-refractivity contribution >= 4 is 0 Å². The van der Waals surface area contributed by atoms with Crippen molar-refractivity contribution < 1.29 is 0 Å². The Morgan fingerprint density at radius 1 is 1.27 bits per heavy atom. The van der Waals surface area contributed by atoms with Gasteiger partial charge in [-0.2, -0.15) is 0 Å². The molecule has 0 saturated carbocycles. The lowest BCUT2D eigenvalue weighted by molar-refractivity contribution is 0.326. The molecule has 0 aromatic carbocycles. The fourth-order valence-electron chi connectivity index (χ4n) is 0.850. The molecule has 0 aliphatic rings. The lowest BCUT2D eigenvalue weighted by atomic mass is 10.0. The summed E-state index contributed by atoms with van der Waals surface area (Å²) in [6, 6.07) is 0. The van der Waals surface area contributed by atoms with Crippen molar-refractivity contribution in [2.24, 2.45) is 5.92 Å². The standard InChI is InChI=1S/C9H20N2/c1-7(2)8(3)9(4)11(6)10-5/h7,10H,1-6H3/b9-8+. The van der Waals surface area contributed by atoms with Crippen molar-refractivity contribution in [3.63, 3.8) is 0 Å². The van der Waals surface area contributed by atoms with Crippen molar-refractivity contribution in [1.82, 2.24) is 10.4 Å². The number of hydrazine groups is 1. The van der Waals surface area contributed by atoms with E-state index >= 15 is 0 Å². The van der Waals surface area contributed by atoms with Crippen molar-refractivity contribution in [2.45, 2.75) is 27.7 Å². The van der Waals surface area contributed by atoms with Gasteiger partial charge < -0.3 is 5.01 Å². The van der Waals surface area contributed by atoms with Gasteiger partial charge in [0.05, 0.1) is 0 Å². The van der Waals surface area contributed by atoms with Crippen molar-refractivity contribution in [2.75, 3.05) is 14.1 Å². The lowest BCUT2D eigenvalue weighted by Crippen LogP contribution is -2.29. The molecule has 1 N–H and O–H groups in total. The largest absolute Gasteiger partial charge is 0.316 e. The first-order chi connectivity index (χ1) is 5.00. The topological polar surface area (TPSA) is 15.3 Å². The van der Waals surface area contributed by atoms with E-state index in [9.17, 15) is 0 Å². The van der Waals surface area contributed by atoms with E-state index in [1.165, 1.54) is 11.3 Å². The molecule has 0 heterocycles. The van der Waals surface area contributed by atoms with E-state index in [2.05, 4.69) is 33.1 Å². The SMILES string of the molecule is CNN(C)/C(C)=C(\C)C(C)C. The van der Waals surface area contributed by atoms with Crippen LogP contribution in [0.25, 0.3) is 0 Å². The van der Waals surface area contributed by atoms with Gasteiger partial charge in [0.2, 0.25) is 0 Å². The van der Waals surface area contributed by atoms with Crippen LogP contribution in [0.1, 0.15) is 27.7 Å². The van der Waals surface area contributed by atoms with Crippen LogP contribution in [0.3, 0.4) is 0 Å². The summed E-state index contributed by atoms with van der Waals surface area (Å²) in [5.74, 6) is 0.630. The molecule has 0 spiro atoms. The van der Waals surface area contributed by atoms with Crippen LogP contribution in [-0.4, -0.2) is 19.1 Å². The van der Waals surface area contributed by atoms with Gasteiger partial charge in [0.1, 0.15) is 0 Å². The van der Waals surface area contributed by atoms with Crippen LogP contribution in [-0.2, 0) is 0 Å². The van der Waals surface area contributed by atoms with Gasteiger partial charge in [-0.3, -0.25) is 0 Å². The van der Waals surface area contributed by atoms with E-state index < -0.39 is 0 Å². The van der Waals surface area contributed by atoms with Crippen LogP contribution in [0.2, 0.25) is 0 Å². The molecule has 0 aromatic rings. The Morgan fingerprint density at radius 3 is 2.00 bits per heavy atom. The highest BCUT2D eigenvalue weighted by molar-refractivity contribution is 5.09. The van der Waals surface area contributed by atoms with Crippen LogP contribution >= 0.6 is 0 Å². The fraction of sp³-hybridized carbons (Fsp3) is 0.778. The van der Waals surface area contributed by atoms with E-state index in [1.807, 2.05) is 19.1 Å². The number of rotatable bonds is 3. The third kappa shape index (κ3) is 2.93. The Hall–Kier alpha value is -0.500. The van der Waals surface area contributed by atoms with Crippen LogP contribution in [0.5, 0.6) is 0 Å². The number of hydrogen-bond donors (Lipinski definition) is 1. The second-order valence-electron chi connectivity index (χ2n) is 3.21. The van der Waals surface area contributed by atoms with Gasteiger partial charge >= 0.3 is 0 Å². The second-order valence-corrected chi connectivity index (χ2v) is 3.21. The van der Waals surface area contributed by atoms with Gasteiger partial charge in [-0.25, -0.2) is 5.43 Å². The molecule has 2 heteroatoms. The molecule has 0 amide bonds. The Bertz CT molecular complexity index is 148. The predicted molar refractivity (Wildman–Crippen MR) is 50.0 cm³/mol. The summed E-state index contributed by atoms with van der Waals surface area (Å²) >= 11 is 0. The minimum absolute atomic E-state index is 0.630. The molecule has 0 aliphatic carbocycles. The van der Waals surface area contributed by atoms with Gasteiger partial charge in [0.15, 0.2) is 0 Å². The molecule has 0 rings (SSSR count). The molecular formula is C9H20N2. The van der Waals surface area contributed by atoms with Crippen LogP contribution in [0.15, 0.2) is 11.3 Å². The third-order valence-corrected chi connectivity index (χ3v) is 2.28. The normalized spacial score (nSPS) is 13.4. The molecule has 0 unspecified atom stereocenters. The van der Waals surface area contributed by atoms with Crippen LogP contribution < -0.4 is 5.43 Å². The Morgan fingerprint density at radius 2 is 1.73 bits per heavy atom. The van der Waals surface area contributed by atoms with Gasteiger partial charge in [0, 0.05) is 19.8 Å². The molecule has 0 bridgehead atoms. The zero-order valence-corrected chi connectivity index (χ0v) is 8.52. The number of nitrogens with zero attached hydrogens (tertiary/aromatic N) is 1. The highest BCUT2D eigenvalue weighted by atomic mass is 15.5. The smallest absolute Gasteiger partial charge is 0.0251 e. The maximum Gasteiger partial charge on any atom is 0.0251 e. The molecule has 0 atom stereocenters. The Kier molecular flexibility index (Phi) is 4.19. The minimum atomic E-state index is 0.630. The summed E-state index contributed by atoms with van der Waals surface area (Å²) in [4.78, 5) is 0. The molecular weight excluding hydrogens is 136 g/mol. The first-order valence-corrected chi connectivity index (χ1v) is 4.09. The average molecular weight is 156 g/mol. The number of allylic oxidation sites excluding steroid dienone is 2. The number of nitrogens with one attached hydrogen (secondary N) is 1. The Labute approximate surface area is 70.2 Å². The maximum absolute atomic E-state index is 3.08. The van der Waals surface area contributed by atoms with Crippen LogP contribution in [0, 0.1) is 5.92 Å². The van der Waals surface area contributed by atoms with Gasteiger partial charge in [-0.1, -0.05) is 19.4 Å². The van der Waals surface area contributed by atoms with Crippen molar-refractivity contribution in [3.8, 4) is 0 Å². The zero-order chi connectivity index (χ0) is 9.02. The van der Waals surface area contributed by atoms with Gasteiger partial charge in [-0.05, 0) is 19.8 Å². The van der Waals surface area contributed by atoms with Gasteiger partial charge in [0.25, 0.3) is 0 Å². The van der Waals surface area contributed by atoms with Crippen molar-refractivity contribution in [3.05, 3.63) is 11.3 Å². The molecule has 11 heavy (non-hydrogen) atoms. The predicted octanol–water partition coefficient (Wildman–Crippen LogP) is 2.00. The summed E-state index contributed by atoms with van der Waals surface area (Å²) < 4.78 is 0. The van der Waals surface area contributed by atoms with Crippen molar-refractivity contribution in [1.29, 1.82) is 0 Å². The number of hydrogen-bond acceptors (Lipinski definition) is 2. The molecule has 0 radical (unpaired) electrons. The first kappa shape index (κ1) is 10.5.